The van der Waals surface area contributed by atoms with Crippen molar-refractivity contribution in [3.8, 4) is 0 Å². The fraction of sp³-hybridized carbons (Fsp3) is 0.500. The molecule has 1 aliphatic heterocycles. The average molecular weight is 283 g/mol. The van der Waals surface area contributed by atoms with E-state index in [1.54, 1.807) is 6.07 Å². The van der Waals surface area contributed by atoms with Crippen LogP contribution in [-0.2, 0) is 15.5 Å². The van der Waals surface area contributed by atoms with E-state index in [-0.39, 0.29) is 6.04 Å². The Kier molecular flexibility index (Phi) is 4.36. The van der Waals surface area contributed by atoms with Crippen LogP contribution >= 0.6 is 0 Å². The summed E-state index contributed by atoms with van der Waals surface area (Å²) in [5, 5.41) is 3.21. The summed E-state index contributed by atoms with van der Waals surface area (Å²) >= 11 is 0. The molecule has 0 bridgehead atoms. The van der Waals surface area contributed by atoms with Gasteiger partial charge in [-0.15, -0.1) is 0 Å². The van der Waals surface area contributed by atoms with Crippen LogP contribution in [0.4, 0.5) is 11.5 Å². The van der Waals surface area contributed by atoms with E-state index >= 15 is 0 Å². The van der Waals surface area contributed by atoms with Crippen molar-refractivity contribution in [1.29, 1.82) is 0 Å². The van der Waals surface area contributed by atoms with Gasteiger partial charge in [0.1, 0.15) is 11.4 Å². The van der Waals surface area contributed by atoms with E-state index in [1.165, 1.54) is 13.3 Å². The molecule has 0 amide bonds. The zero-order valence-corrected chi connectivity index (χ0v) is 11.5. The van der Waals surface area contributed by atoms with Gasteiger partial charge >= 0.3 is 5.97 Å². The summed E-state index contributed by atoms with van der Waals surface area (Å²) in [6.07, 6.45) is 3.11. The maximum atomic E-state index is 11.7. The molecule has 0 saturated carbocycles. The minimum absolute atomic E-state index is 0.178. The van der Waals surface area contributed by atoms with Crippen LogP contribution in [-0.4, -0.2) is 39.8 Å². The molecule has 2 heterocycles. The first kappa shape index (κ1) is 13.8. The van der Waals surface area contributed by atoms with Gasteiger partial charge in [0.05, 0.1) is 19.0 Å². The van der Waals surface area contributed by atoms with Crippen LogP contribution in [0, 0.1) is 0 Å². The maximum absolute atomic E-state index is 11.7. The number of nitrogens with zero attached hydrogens (tertiary/aromatic N) is 1. The van der Waals surface area contributed by atoms with E-state index in [2.05, 4.69) is 10.3 Å². The third-order valence-electron chi connectivity index (χ3n) is 3.04. The summed E-state index contributed by atoms with van der Waals surface area (Å²) < 4.78 is 16.0. The summed E-state index contributed by atoms with van der Waals surface area (Å²) in [5.74, 6) is 1.36. The first-order chi connectivity index (χ1) is 9.10. The van der Waals surface area contributed by atoms with Gasteiger partial charge in [0, 0.05) is 28.3 Å². The lowest BCUT2D eigenvalue weighted by molar-refractivity contribution is 0.0601. The van der Waals surface area contributed by atoms with Crippen LogP contribution in [0.5, 0.6) is 0 Å². The van der Waals surface area contributed by atoms with Gasteiger partial charge in [-0.05, 0) is 18.9 Å². The van der Waals surface area contributed by atoms with Crippen molar-refractivity contribution in [3.05, 3.63) is 17.8 Å². The Morgan fingerprint density at radius 2 is 2.21 bits per heavy atom. The lowest BCUT2D eigenvalue weighted by atomic mass is 10.1. The number of ether oxygens (including phenoxy) is 1. The fourth-order valence-electron chi connectivity index (χ4n) is 1.99. The van der Waals surface area contributed by atoms with Crippen molar-refractivity contribution in [2.75, 3.05) is 29.7 Å². The molecule has 19 heavy (non-hydrogen) atoms. The summed E-state index contributed by atoms with van der Waals surface area (Å²) in [5.41, 5.74) is 6.37. The number of pyridine rings is 1. The largest absolute Gasteiger partial charge is 0.465 e. The molecule has 104 valence electrons. The lowest BCUT2D eigenvalue weighted by Crippen LogP contribution is -2.30. The van der Waals surface area contributed by atoms with Gasteiger partial charge in [-0.25, -0.2) is 9.78 Å². The monoisotopic (exact) mass is 283 g/mol. The van der Waals surface area contributed by atoms with E-state index < -0.39 is 16.8 Å². The van der Waals surface area contributed by atoms with E-state index in [0.717, 1.165) is 12.8 Å². The maximum Gasteiger partial charge on any atom is 0.341 e. The Morgan fingerprint density at radius 1 is 1.53 bits per heavy atom. The van der Waals surface area contributed by atoms with Crippen LogP contribution in [0.25, 0.3) is 0 Å². The molecule has 7 heteroatoms. The molecule has 6 nitrogen and oxygen atoms in total. The smallest absolute Gasteiger partial charge is 0.341 e. The molecule has 1 aliphatic rings. The predicted octanol–water partition coefficient (Wildman–Crippen LogP) is 0.773. The summed E-state index contributed by atoms with van der Waals surface area (Å²) in [7, 11) is 0.608. The van der Waals surface area contributed by atoms with Crippen molar-refractivity contribution in [2.45, 2.75) is 18.9 Å². The molecule has 2 rings (SSSR count). The van der Waals surface area contributed by atoms with Gasteiger partial charge in [0.2, 0.25) is 0 Å². The molecule has 0 aliphatic carbocycles. The molecule has 1 aromatic rings. The van der Waals surface area contributed by atoms with Crippen molar-refractivity contribution in [2.24, 2.45) is 0 Å². The van der Waals surface area contributed by atoms with E-state index in [4.69, 9.17) is 10.5 Å². The van der Waals surface area contributed by atoms with Gasteiger partial charge in [-0.3, -0.25) is 4.21 Å². The van der Waals surface area contributed by atoms with Gasteiger partial charge < -0.3 is 15.8 Å². The molecule has 0 spiro atoms. The molecule has 1 saturated heterocycles. The Bertz CT molecular complexity index is 497. The van der Waals surface area contributed by atoms with Crippen LogP contribution < -0.4 is 11.1 Å². The lowest BCUT2D eigenvalue weighted by Gasteiger charge is -2.23. The third-order valence-corrected chi connectivity index (χ3v) is 4.43. The molecule has 0 aromatic carbocycles. The molecule has 1 fully saturated rings. The minimum Gasteiger partial charge on any atom is -0.465 e. The van der Waals surface area contributed by atoms with Crippen molar-refractivity contribution in [1.82, 2.24) is 4.98 Å². The zero-order chi connectivity index (χ0) is 13.8. The van der Waals surface area contributed by atoms with Gasteiger partial charge in [-0.2, -0.15) is 0 Å². The number of nitrogen functional groups attached to an aromatic ring is 1. The molecule has 0 atom stereocenters. The van der Waals surface area contributed by atoms with E-state index in [9.17, 15) is 9.00 Å². The number of methoxy groups -OCH3 is 1. The number of aromatic nitrogens is 1. The first-order valence-corrected chi connectivity index (χ1v) is 7.54. The van der Waals surface area contributed by atoms with Gasteiger partial charge in [-0.1, -0.05) is 0 Å². The van der Waals surface area contributed by atoms with Crippen LogP contribution in [0.15, 0.2) is 12.3 Å². The Balaban J connectivity index is 2.15. The number of carbonyl (C=O) groups excluding carboxylic acids is 1. The first-order valence-electron chi connectivity index (χ1n) is 6.05. The molecule has 0 unspecified atom stereocenters. The zero-order valence-electron chi connectivity index (χ0n) is 10.7. The molecule has 3 N–H and O–H groups in total. The fourth-order valence-corrected chi connectivity index (χ4v) is 3.29. The Labute approximate surface area is 114 Å². The SMILES string of the molecule is COC(=O)c1cc(N)cnc1NC1CCS(=O)CC1. The number of rotatable bonds is 3. The summed E-state index contributed by atoms with van der Waals surface area (Å²) in [4.78, 5) is 15.8. The van der Waals surface area contributed by atoms with E-state index in [1.807, 2.05) is 0 Å². The number of carbonyl (C=O) groups is 1. The van der Waals surface area contributed by atoms with Crippen LogP contribution in [0.3, 0.4) is 0 Å². The topological polar surface area (TPSA) is 94.3 Å². The van der Waals surface area contributed by atoms with Gasteiger partial charge in [0.15, 0.2) is 0 Å². The number of hydrogen-bond donors (Lipinski definition) is 2. The number of nitrogens with two attached hydrogens (primary N) is 1. The van der Waals surface area contributed by atoms with Crippen LogP contribution in [0.1, 0.15) is 23.2 Å². The summed E-state index contributed by atoms with van der Waals surface area (Å²) in [6, 6.07) is 1.72. The summed E-state index contributed by atoms with van der Waals surface area (Å²) in [6.45, 7) is 0. The average Bonchev–Trinajstić information content (AvgIpc) is 2.42. The predicted molar refractivity (Wildman–Crippen MR) is 74.5 cm³/mol. The number of esters is 1. The molecule has 1 aromatic heterocycles. The Morgan fingerprint density at radius 3 is 2.84 bits per heavy atom. The standard InChI is InChI=1S/C12H17N3O3S/c1-18-12(16)10-6-8(13)7-14-11(10)15-9-2-4-19(17)5-3-9/h6-7,9H,2-5,13H2,1H3,(H,14,15). The third kappa shape index (κ3) is 3.44. The highest BCUT2D eigenvalue weighted by Gasteiger charge is 2.21. The van der Waals surface area contributed by atoms with Crippen molar-refractivity contribution < 1.29 is 13.7 Å². The Hall–Kier alpha value is -1.63. The molecular formula is C12H17N3O3S. The van der Waals surface area contributed by atoms with E-state index in [0.29, 0.717) is 28.6 Å². The van der Waals surface area contributed by atoms with Crippen molar-refractivity contribution >= 4 is 28.3 Å². The number of hydrogen-bond acceptors (Lipinski definition) is 6. The second kappa shape index (κ2) is 6.01. The highest BCUT2D eigenvalue weighted by Crippen LogP contribution is 2.20. The quantitative estimate of drug-likeness (QED) is 0.796. The molecule has 0 radical (unpaired) electrons. The van der Waals surface area contributed by atoms with Gasteiger partial charge in [0.25, 0.3) is 0 Å². The number of nitrogens with one attached hydrogen (secondary N) is 1. The second-order valence-electron chi connectivity index (χ2n) is 4.42. The van der Waals surface area contributed by atoms with Crippen molar-refractivity contribution in [3.63, 3.8) is 0 Å². The second-order valence-corrected chi connectivity index (χ2v) is 6.12. The molecular weight excluding hydrogens is 266 g/mol. The minimum atomic E-state index is -0.710. The van der Waals surface area contributed by atoms with Crippen LogP contribution in [0.2, 0.25) is 0 Å². The highest BCUT2D eigenvalue weighted by molar-refractivity contribution is 7.85. The normalized spacial score (nSPS) is 22.8. The number of anilines is 2. The highest BCUT2D eigenvalue weighted by atomic mass is 32.2.